The number of rotatable bonds is 8. The van der Waals surface area contributed by atoms with Crippen LogP contribution in [-0.4, -0.2) is 42.3 Å². The third kappa shape index (κ3) is 7.48. The van der Waals surface area contributed by atoms with E-state index in [0.29, 0.717) is 12.0 Å². The predicted molar refractivity (Wildman–Crippen MR) is 92.1 cm³/mol. The lowest BCUT2D eigenvalue weighted by molar-refractivity contribution is 0.0287. The predicted octanol–water partition coefficient (Wildman–Crippen LogP) is 4.19. The van der Waals surface area contributed by atoms with Crippen LogP contribution in [-0.2, 0) is 4.74 Å². The Labute approximate surface area is 137 Å². The van der Waals surface area contributed by atoms with E-state index in [2.05, 4.69) is 19.2 Å². The van der Waals surface area contributed by atoms with E-state index in [0.717, 1.165) is 32.5 Å². The van der Waals surface area contributed by atoms with Crippen molar-refractivity contribution in [3.05, 3.63) is 0 Å². The Hall–Kier alpha value is -0.770. The average molecular weight is 312 g/mol. The second-order valence-electron chi connectivity index (χ2n) is 7.60. The Kier molecular flexibility index (Phi) is 8.23. The molecule has 130 valence electrons. The minimum absolute atomic E-state index is 0.155. The fraction of sp³-hybridized carbons (Fsp3) is 0.944. The fourth-order valence-electron chi connectivity index (χ4n) is 3.10. The SMILES string of the molecule is CCCC(CCC)NCCC1CCN(C(=O)OC(C)(C)C)C1. The molecule has 0 bridgehead atoms. The zero-order valence-corrected chi connectivity index (χ0v) is 15.3. The minimum atomic E-state index is -0.399. The summed E-state index contributed by atoms with van der Waals surface area (Å²) in [4.78, 5) is 13.9. The molecule has 0 aromatic heterocycles. The molecule has 1 heterocycles. The van der Waals surface area contributed by atoms with Crippen LogP contribution in [0.5, 0.6) is 0 Å². The first-order chi connectivity index (χ1) is 10.4. The lowest BCUT2D eigenvalue weighted by Gasteiger charge is -2.24. The topological polar surface area (TPSA) is 41.6 Å². The van der Waals surface area contributed by atoms with Gasteiger partial charge in [0.1, 0.15) is 5.60 Å². The number of nitrogens with zero attached hydrogens (tertiary/aromatic N) is 1. The van der Waals surface area contributed by atoms with Crippen molar-refractivity contribution in [2.45, 2.75) is 84.8 Å². The number of likely N-dealkylation sites (tertiary alicyclic amines) is 1. The molecule has 1 saturated heterocycles. The van der Waals surface area contributed by atoms with Crippen LogP contribution in [0.2, 0.25) is 0 Å². The molecule has 0 aliphatic carbocycles. The van der Waals surface area contributed by atoms with Gasteiger partial charge in [-0.05, 0) is 58.9 Å². The van der Waals surface area contributed by atoms with Crippen molar-refractivity contribution in [1.82, 2.24) is 10.2 Å². The summed E-state index contributed by atoms with van der Waals surface area (Å²) in [5.74, 6) is 0.615. The van der Waals surface area contributed by atoms with E-state index in [1.165, 1.54) is 25.7 Å². The summed E-state index contributed by atoms with van der Waals surface area (Å²) in [5, 5.41) is 3.70. The van der Waals surface area contributed by atoms with Crippen LogP contribution in [0.25, 0.3) is 0 Å². The largest absolute Gasteiger partial charge is 0.444 e. The molecule has 0 aromatic rings. The molecule has 4 nitrogen and oxygen atoms in total. The van der Waals surface area contributed by atoms with Gasteiger partial charge in [0.2, 0.25) is 0 Å². The van der Waals surface area contributed by atoms with Crippen molar-refractivity contribution in [3.8, 4) is 0 Å². The molecule has 1 fully saturated rings. The maximum Gasteiger partial charge on any atom is 0.410 e. The summed E-state index contributed by atoms with van der Waals surface area (Å²) in [6.45, 7) is 13.0. The molecule has 0 aromatic carbocycles. The number of carbonyl (C=O) groups excluding carboxylic acids is 1. The number of nitrogens with one attached hydrogen (secondary N) is 1. The van der Waals surface area contributed by atoms with Gasteiger partial charge in [-0.1, -0.05) is 26.7 Å². The second kappa shape index (κ2) is 9.39. The minimum Gasteiger partial charge on any atom is -0.444 e. The van der Waals surface area contributed by atoms with Crippen molar-refractivity contribution >= 4 is 6.09 Å². The van der Waals surface area contributed by atoms with Crippen molar-refractivity contribution < 1.29 is 9.53 Å². The first-order valence-electron chi connectivity index (χ1n) is 9.07. The Balaban J connectivity index is 2.25. The molecule has 1 amide bonds. The van der Waals surface area contributed by atoms with Crippen LogP contribution in [0, 0.1) is 5.92 Å². The molecule has 1 N–H and O–H groups in total. The van der Waals surface area contributed by atoms with Gasteiger partial charge in [-0.2, -0.15) is 0 Å². The van der Waals surface area contributed by atoms with Gasteiger partial charge in [0.15, 0.2) is 0 Å². The summed E-state index contributed by atoms with van der Waals surface area (Å²) >= 11 is 0. The number of carbonyl (C=O) groups is 1. The van der Waals surface area contributed by atoms with Gasteiger partial charge < -0.3 is 15.0 Å². The standard InChI is InChI=1S/C18H36N2O2/c1-6-8-16(9-7-2)19-12-10-15-11-13-20(14-15)17(21)22-18(3,4)5/h15-16,19H,6-14H2,1-5H3. The molecule has 0 radical (unpaired) electrons. The molecule has 1 aliphatic rings. The van der Waals surface area contributed by atoms with E-state index in [1.807, 2.05) is 25.7 Å². The lowest BCUT2D eigenvalue weighted by Crippen LogP contribution is -2.35. The zero-order valence-electron chi connectivity index (χ0n) is 15.3. The fourth-order valence-corrected chi connectivity index (χ4v) is 3.10. The molecule has 1 rings (SSSR count). The van der Waals surface area contributed by atoms with Crippen LogP contribution >= 0.6 is 0 Å². The molecule has 0 saturated carbocycles. The number of ether oxygens (including phenoxy) is 1. The first kappa shape index (κ1) is 19.3. The summed E-state index contributed by atoms with van der Waals surface area (Å²) < 4.78 is 5.45. The van der Waals surface area contributed by atoms with Crippen molar-refractivity contribution in [2.75, 3.05) is 19.6 Å². The maximum absolute atomic E-state index is 12.0. The monoisotopic (exact) mass is 312 g/mol. The van der Waals surface area contributed by atoms with Gasteiger partial charge in [0.05, 0.1) is 0 Å². The van der Waals surface area contributed by atoms with Gasteiger partial charge in [-0.3, -0.25) is 0 Å². The molecule has 1 aliphatic heterocycles. The van der Waals surface area contributed by atoms with Crippen LogP contribution in [0.1, 0.15) is 73.1 Å². The molecule has 22 heavy (non-hydrogen) atoms. The van der Waals surface area contributed by atoms with Gasteiger partial charge in [-0.25, -0.2) is 4.79 Å². The van der Waals surface area contributed by atoms with Gasteiger partial charge in [-0.15, -0.1) is 0 Å². The van der Waals surface area contributed by atoms with Crippen molar-refractivity contribution in [1.29, 1.82) is 0 Å². The Morgan fingerprint density at radius 1 is 1.27 bits per heavy atom. The number of hydrogen-bond acceptors (Lipinski definition) is 3. The van der Waals surface area contributed by atoms with E-state index in [4.69, 9.17) is 4.74 Å². The van der Waals surface area contributed by atoms with E-state index in [1.54, 1.807) is 0 Å². The normalized spacial score (nSPS) is 19.0. The van der Waals surface area contributed by atoms with Gasteiger partial charge in [0, 0.05) is 19.1 Å². The Bertz CT molecular complexity index is 320. The van der Waals surface area contributed by atoms with Crippen molar-refractivity contribution in [3.63, 3.8) is 0 Å². The third-order valence-electron chi connectivity index (χ3n) is 4.20. The second-order valence-corrected chi connectivity index (χ2v) is 7.60. The quantitative estimate of drug-likeness (QED) is 0.730. The highest BCUT2D eigenvalue weighted by atomic mass is 16.6. The highest BCUT2D eigenvalue weighted by molar-refractivity contribution is 5.68. The summed E-state index contributed by atoms with van der Waals surface area (Å²) in [6.07, 6.45) is 7.13. The molecule has 1 atom stereocenters. The van der Waals surface area contributed by atoms with Gasteiger partial charge in [0.25, 0.3) is 0 Å². The third-order valence-corrected chi connectivity index (χ3v) is 4.20. The lowest BCUT2D eigenvalue weighted by atomic mass is 10.0. The Morgan fingerprint density at radius 3 is 2.45 bits per heavy atom. The maximum atomic E-state index is 12.0. The number of hydrogen-bond donors (Lipinski definition) is 1. The zero-order chi connectivity index (χ0) is 16.6. The number of amides is 1. The highest BCUT2D eigenvalue weighted by Gasteiger charge is 2.29. The summed E-state index contributed by atoms with van der Waals surface area (Å²) in [7, 11) is 0. The van der Waals surface area contributed by atoms with Crippen LogP contribution in [0.4, 0.5) is 4.79 Å². The Morgan fingerprint density at radius 2 is 1.91 bits per heavy atom. The molecule has 4 heteroatoms. The molecular weight excluding hydrogens is 276 g/mol. The van der Waals surface area contributed by atoms with Crippen LogP contribution < -0.4 is 5.32 Å². The van der Waals surface area contributed by atoms with Crippen LogP contribution in [0.15, 0.2) is 0 Å². The molecular formula is C18H36N2O2. The van der Waals surface area contributed by atoms with Gasteiger partial charge >= 0.3 is 6.09 Å². The van der Waals surface area contributed by atoms with E-state index < -0.39 is 5.60 Å². The van der Waals surface area contributed by atoms with Crippen molar-refractivity contribution in [2.24, 2.45) is 5.92 Å². The van der Waals surface area contributed by atoms with E-state index in [9.17, 15) is 4.79 Å². The molecule has 1 unspecified atom stereocenters. The van der Waals surface area contributed by atoms with E-state index in [-0.39, 0.29) is 6.09 Å². The highest BCUT2D eigenvalue weighted by Crippen LogP contribution is 2.21. The molecule has 0 spiro atoms. The first-order valence-corrected chi connectivity index (χ1v) is 9.07. The summed E-state index contributed by atoms with van der Waals surface area (Å²) in [6, 6.07) is 0.665. The van der Waals surface area contributed by atoms with Crippen LogP contribution in [0.3, 0.4) is 0 Å². The average Bonchev–Trinajstić information content (AvgIpc) is 2.86. The smallest absolute Gasteiger partial charge is 0.410 e. The summed E-state index contributed by atoms with van der Waals surface area (Å²) in [5.41, 5.74) is -0.399. The van der Waals surface area contributed by atoms with E-state index >= 15 is 0 Å².